The van der Waals surface area contributed by atoms with Gasteiger partial charge in [-0.05, 0) is 60.7 Å². The molecule has 0 aliphatic carbocycles. The Kier molecular flexibility index (Phi) is 6.76. The normalized spacial score (nSPS) is 19.6. The number of H-pyrrole nitrogens is 1. The summed E-state index contributed by atoms with van der Waals surface area (Å²) in [6.45, 7) is 0.850. The van der Waals surface area contributed by atoms with Gasteiger partial charge in [0, 0.05) is 34.9 Å². The number of nitriles is 1. The van der Waals surface area contributed by atoms with Crippen LogP contribution in [0.5, 0.6) is 5.75 Å². The van der Waals surface area contributed by atoms with Crippen LogP contribution < -0.4 is 15.4 Å². The van der Waals surface area contributed by atoms with Crippen molar-refractivity contribution in [3.05, 3.63) is 64.3 Å². The molecule has 0 bridgehead atoms. The van der Waals surface area contributed by atoms with Gasteiger partial charge >= 0.3 is 0 Å². The number of benzene rings is 2. The Labute approximate surface area is 218 Å². The van der Waals surface area contributed by atoms with E-state index < -0.39 is 18.0 Å². The molecule has 1 fully saturated rings. The largest absolute Gasteiger partial charge is 0.496 e. The van der Waals surface area contributed by atoms with Crippen molar-refractivity contribution < 1.29 is 19.1 Å². The molecule has 3 N–H and O–H groups in total. The molecular formula is C27H26ClN5O4. The Morgan fingerprint density at radius 2 is 2.14 bits per heavy atom. The SMILES string of the molecule is COc1cccc2[nH]c(C(=O)N3CCc4cc(Cl)ccc4C3C(=O)NC(C#N)CC3CCNC3=O)cc12. The zero-order valence-electron chi connectivity index (χ0n) is 20.2. The van der Waals surface area contributed by atoms with Gasteiger partial charge in [0.15, 0.2) is 0 Å². The van der Waals surface area contributed by atoms with Crippen molar-refractivity contribution in [3.63, 3.8) is 0 Å². The molecule has 37 heavy (non-hydrogen) atoms. The summed E-state index contributed by atoms with van der Waals surface area (Å²) in [4.78, 5) is 44.1. The van der Waals surface area contributed by atoms with Crippen LogP contribution in [0.3, 0.4) is 0 Å². The summed E-state index contributed by atoms with van der Waals surface area (Å²) in [7, 11) is 1.57. The highest BCUT2D eigenvalue weighted by Gasteiger charge is 2.38. The first-order valence-corrected chi connectivity index (χ1v) is 12.5. The molecule has 2 aromatic carbocycles. The summed E-state index contributed by atoms with van der Waals surface area (Å²) in [5.74, 6) is -0.633. The highest BCUT2D eigenvalue weighted by atomic mass is 35.5. The van der Waals surface area contributed by atoms with Crippen molar-refractivity contribution in [3.8, 4) is 11.8 Å². The first-order valence-electron chi connectivity index (χ1n) is 12.1. The van der Waals surface area contributed by atoms with E-state index in [0.717, 1.165) is 16.5 Å². The first-order chi connectivity index (χ1) is 17.9. The van der Waals surface area contributed by atoms with E-state index in [0.29, 0.717) is 48.0 Å². The first kappa shape index (κ1) is 24.7. The Balaban J connectivity index is 1.46. The maximum Gasteiger partial charge on any atom is 0.271 e. The van der Waals surface area contributed by atoms with E-state index >= 15 is 0 Å². The summed E-state index contributed by atoms with van der Waals surface area (Å²) in [6, 6.07) is 12.7. The summed E-state index contributed by atoms with van der Waals surface area (Å²) in [6.07, 6.45) is 1.36. The third-order valence-electron chi connectivity index (χ3n) is 7.07. The fourth-order valence-electron chi connectivity index (χ4n) is 5.22. The number of amides is 3. The number of hydrogen-bond acceptors (Lipinski definition) is 5. The van der Waals surface area contributed by atoms with Gasteiger partial charge in [-0.1, -0.05) is 23.7 Å². The van der Waals surface area contributed by atoms with E-state index in [1.54, 1.807) is 31.4 Å². The van der Waals surface area contributed by atoms with E-state index in [1.807, 2.05) is 18.2 Å². The van der Waals surface area contributed by atoms with Crippen molar-refractivity contribution in [2.75, 3.05) is 20.2 Å². The van der Waals surface area contributed by atoms with Gasteiger partial charge in [-0.15, -0.1) is 0 Å². The average molecular weight is 520 g/mol. The van der Waals surface area contributed by atoms with Gasteiger partial charge in [0.1, 0.15) is 23.5 Å². The van der Waals surface area contributed by atoms with Crippen molar-refractivity contribution >= 4 is 40.2 Å². The number of carbonyl (C=O) groups is 3. The van der Waals surface area contributed by atoms with Gasteiger partial charge < -0.3 is 25.3 Å². The summed E-state index contributed by atoms with van der Waals surface area (Å²) < 4.78 is 5.42. The monoisotopic (exact) mass is 519 g/mol. The molecule has 10 heteroatoms. The van der Waals surface area contributed by atoms with Gasteiger partial charge in [0.25, 0.3) is 5.91 Å². The highest BCUT2D eigenvalue weighted by Crippen LogP contribution is 2.34. The van der Waals surface area contributed by atoms with E-state index in [2.05, 4.69) is 21.7 Å². The van der Waals surface area contributed by atoms with E-state index in [-0.39, 0.29) is 24.2 Å². The molecule has 3 amide bonds. The maximum absolute atomic E-state index is 13.8. The molecule has 3 heterocycles. The molecule has 5 rings (SSSR count). The molecule has 3 unspecified atom stereocenters. The van der Waals surface area contributed by atoms with Gasteiger partial charge in [-0.3, -0.25) is 14.4 Å². The smallest absolute Gasteiger partial charge is 0.271 e. The second kappa shape index (κ2) is 10.1. The predicted molar refractivity (Wildman–Crippen MR) is 137 cm³/mol. The van der Waals surface area contributed by atoms with Gasteiger partial charge in [0.2, 0.25) is 11.8 Å². The molecule has 0 spiro atoms. The van der Waals surface area contributed by atoms with Crippen molar-refractivity contribution in [1.29, 1.82) is 5.26 Å². The predicted octanol–water partition coefficient (Wildman–Crippen LogP) is 3.10. The van der Waals surface area contributed by atoms with Crippen LogP contribution in [0.25, 0.3) is 10.9 Å². The number of methoxy groups -OCH3 is 1. The fourth-order valence-corrected chi connectivity index (χ4v) is 5.42. The Morgan fingerprint density at radius 1 is 1.30 bits per heavy atom. The molecule has 0 saturated carbocycles. The van der Waals surface area contributed by atoms with Crippen LogP contribution in [-0.2, 0) is 16.0 Å². The molecule has 1 saturated heterocycles. The van der Waals surface area contributed by atoms with Crippen LogP contribution >= 0.6 is 11.6 Å². The number of aromatic nitrogens is 1. The van der Waals surface area contributed by atoms with Crippen LogP contribution in [0.4, 0.5) is 0 Å². The number of carbonyl (C=O) groups excluding carboxylic acids is 3. The Hall–Kier alpha value is -4.03. The molecule has 2 aliphatic heterocycles. The standard InChI is InChI=1S/C27H26ClN5O4/c1-37-23-4-2-3-21-20(23)13-22(32-21)27(36)33-10-8-15-11-17(28)5-6-19(15)24(33)26(35)31-18(14-29)12-16-7-9-30-25(16)34/h2-6,11,13,16,18,24,32H,7-10,12H2,1H3,(H,30,34)(H,31,35). The number of aromatic amines is 1. The second-order valence-electron chi connectivity index (χ2n) is 9.30. The minimum absolute atomic E-state index is 0.113. The zero-order chi connectivity index (χ0) is 26.1. The number of nitrogens with zero attached hydrogens (tertiary/aromatic N) is 2. The highest BCUT2D eigenvalue weighted by molar-refractivity contribution is 6.30. The summed E-state index contributed by atoms with van der Waals surface area (Å²) in [5, 5.41) is 16.6. The Morgan fingerprint density at radius 3 is 2.86 bits per heavy atom. The summed E-state index contributed by atoms with van der Waals surface area (Å²) in [5.41, 5.74) is 2.60. The van der Waals surface area contributed by atoms with Crippen LogP contribution in [0.15, 0.2) is 42.5 Å². The van der Waals surface area contributed by atoms with Crippen molar-refractivity contribution in [1.82, 2.24) is 20.5 Å². The molecule has 3 atom stereocenters. The second-order valence-corrected chi connectivity index (χ2v) is 9.74. The quantitative estimate of drug-likeness (QED) is 0.461. The van der Waals surface area contributed by atoms with Crippen LogP contribution in [0.2, 0.25) is 5.02 Å². The number of rotatable bonds is 6. The lowest BCUT2D eigenvalue weighted by Crippen LogP contribution is -2.49. The topological polar surface area (TPSA) is 127 Å². The Bertz CT molecular complexity index is 1430. The molecule has 2 aliphatic rings. The number of fused-ring (bicyclic) bond motifs is 2. The lowest BCUT2D eigenvalue weighted by atomic mass is 9.91. The zero-order valence-corrected chi connectivity index (χ0v) is 21.0. The van der Waals surface area contributed by atoms with E-state index in [4.69, 9.17) is 16.3 Å². The number of ether oxygens (including phenoxy) is 1. The average Bonchev–Trinajstić information content (AvgIpc) is 3.52. The molecule has 1 aromatic heterocycles. The minimum Gasteiger partial charge on any atom is -0.496 e. The fraction of sp³-hybridized carbons (Fsp3) is 0.333. The number of halogens is 1. The van der Waals surface area contributed by atoms with Gasteiger partial charge in [0.05, 0.1) is 13.2 Å². The summed E-state index contributed by atoms with van der Waals surface area (Å²) >= 11 is 6.21. The van der Waals surface area contributed by atoms with Gasteiger partial charge in [-0.25, -0.2) is 0 Å². The van der Waals surface area contributed by atoms with Crippen molar-refractivity contribution in [2.24, 2.45) is 5.92 Å². The van der Waals surface area contributed by atoms with Crippen LogP contribution in [-0.4, -0.2) is 53.8 Å². The van der Waals surface area contributed by atoms with Crippen LogP contribution in [0.1, 0.15) is 40.5 Å². The van der Waals surface area contributed by atoms with Crippen molar-refractivity contribution in [2.45, 2.75) is 31.3 Å². The maximum atomic E-state index is 13.8. The number of hydrogen-bond donors (Lipinski definition) is 3. The van der Waals surface area contributed by atoms with Gasteiger partial charge in [-0.2, -0.15) is 5.26 Å². The molecule has 190 valence electrons. The molecular weight excluding hydrogens is 494 g/mol. The number of nitrogens with one attached hydrogen (secondary N) is 3. The van der Waals surface area contributed by atoms with E-state index in [9.17, 15) is 19.6 Å². The third kappa shape index (κ3) is 4.72. The lowest BCUT2D eigenvalue weighted by Gasteiger charge is -2.36. The van der Waals surface area contributed by atoms with E-state index in [1.165, 1.54) is 4.90 Å². The molecule has 0 radical (unpaired) electrons. The third-order valence-corrected chi connectivity index (χ3v) is 7.31. The molecule has 3 aromatic rings. The van der Waals surface area contributed by atoms with Crippen LogP contribution in [0, 0.1) is 17.2 Å². The molecule has 9 nitrogen and oxygen atoms in total. The lowest BCUT2D eigenvalue weighted by molar-refractivity contribution is -0.127. The minimum atomic E-state index is -0.963.